The molecule has 1 amide bonds. The van der Waals surface area contributed by atoms with E-state index in [9.17, 15) is 30.8 Å². The van der Waals surface area contributed by atoms with Crippen molar-refractivity contribution < 1.29 is 30.8 Å². The van der Waals surface area contributed by atoms with Crippen molar-refractivity contribution in [3.63, 3.8) is 0 Å². The first-order chi connectivity index (χ1) is 16.5. The van der Waals surface area contributed by atoms with E-state index in [-0.39, 0.29) is 22.1 Å². The highest BCUT2D eigenvalue weighted by molar-refractivity contribution is 7.89. The summed E-state index contributed by atoms with van der Waals surface area (Å²) in [6, 6.07) is 11.4. The fourth-order valence-corrected chi connectivity index (χ4v) is 5.88. The molecule has 2 fully saturated rings. The number of nitrogens with zero attached hydrogens (tertiary/aromatic N) is 4. The molecule has 5 rings (SSSR count). The zero-order valence-electron chi connectivity index (χ0n) is 18.3. The van der Waals surface area contributed by atoms with Crippen LogP contribution in [0, 0.1) is 0 Å². The number of imidazole rings is 1. The summed E-state index contributed by atoms with van der Waals surface area (Å²) in [4.78, 5) is 18.1. The Morgan fingerprint density at radius 3 is 2.26 bits per heavy atom. The van der Waals surface area contributed by atoms with Crippen molar-refractivity contribution in [2.75, 3.05) is 36.4 Å². The van der Waals surface area contributed by atoms with Crippen molar-refractivity contribution >= 4 is 33.1 Å². The lowest BCUT2D eigenvalue weighted by atomic mass is 10.1. The average molecular weight is 512 g/mol. The van der Waals surface area contributed by atoms with Crippen LogP contribution in [0.25, 0.3) is 5.65 Å². The van der Waals surface area contributed by atoms with Gasteiger partial charge in [0.1, 0.15) is 5.65 Å². The molecule has 0 unspecified atom stereocenters. The fourth-order valence-electron chi connectivity index (χ4n) is 4.16. The van der Waals surface area contributed by atoms with Gasteiger partial charge in [-0.3, -0.25) is 9.20 Å². The number of carbonyl (C=O) groups is 1. The van der Waals surface area contributed by atoms with Crippen LogP contribution in [0.5, 0.6) is 0 Å². The number of carbonyl (C=O) groups excluding carboxylic acids is 1. The summed E-state index contributed by atoms with van der Waals surface area (Å²) in [5.41, 5.74) is 0.777. The summed E-state index contributed by atoms with van der Waals surface area (Å²) in [5.74, 6) is -6.63. The normalized spacial score (nSPS) is 19.9. The number of aromatic nitrogens is 2. The molecule has 0 bridgehead atoms. The third kappa shape index (κ3) is 4.45. The molecule has 186 valence electrons. The van der Waals surface area contributed by atoms with Gasteiger partial charge in [0, 0.05) is 43.4 Å². The van der Waals surface area contributed by atoms with Crippen molar-refractivity contribution in [1.29, 1.82) is 0 Å². The van der Waals surface area contributed by atoms with Gasteiger partial charge < -0.3 is 10.2 Å². The molecule has 2 aliphatic rings. The quantitative estimate of drug-likeness (QED) is 0.531. The van der Waals surface area contributed by atoms with Crippen LogP contribution in [0.3, 0.4) is 0 Å². The van der Waals surface area contributed by atoms with E-state index < -0.39 is 66.8 Å². The zero-order valence-corrected chi connectivity index (χ0v) is 19.1. The Bertz CT molecular complexity index is 1380. The number of hydrogen-bond acceptors (Lipinski definition) is 5. The topological polar surface area (TPSA) is 87.0 Å². The average Bonchev–Trinajstić information content (AvgIpc) is 3.17. The Hall–Kier alpha value is -3.19. The van der Waals surface area contributed by atoms with Crippen molar-refractivity contribution in [3.05, 3.63) is 54.2 Å². The molecule has 0 aliphatic carbocycles. The van der Waals surface area contributed by atoms with Crippen LogP contribution in [0.1, 0.15) is 23.2 Å². The van der Waals surface area contributed by atoms with Gasteiger partial charge in [-0.25, -0.2) is 31.0 Å². The second-order valence-electron chi connectivity index (χ2n) is 8.68. The molecule has 2 aromatic heterocycles. The number of alkyl halides is 4. The first-order valence-corrected chi connectivity index (χ1v) is 12.3. The van der Waals surface area contributed by atoms with Crippen LogP contribution in [0.2, 0.25) is 0 Å². The van der Waals surface area contributed by atoms with E-state index in [4.69, 9.17) is 0 Å². The van der Waals surface area contributed by atoms with E-state index >= 15 is 0 Å². The van der Waals surface area contributed by atoms with Gasteiger partial charge in [-0.05, 0) is 24.3 Å². The molecule has 13 heteroatoms. The van der Waals surface area contributed by atoms with Crippen LogP contribution in [0.4, 0.5) is 29.1 Å². The molecule has 4 heterocycles. The van der Waals surface area contributed by atoms with Crippen molar-refractivity contribution in [2.45, 2.75) is 29.7 Å². The number of piperidine rings is 1. The summed E-state index contributed by atoms with van der Waals surface area (Å²) >= 11 is 0. The minimum absolute atomic E-state index is 0.0526. The van der Waals surface area contributed by atoms with Crippen LogP contribution in [-0.4, -0.2) is 66.0 Å². The maximum Gasteiger partial charge on any atom is 0.282 e. The van der Waals surface area contributed by atoms with Gasteiger partial charge in [0.25, 0.3) is 27.8 Å². The highest BCUT2D eigenvalue weighted by Gasteiger charge is 2.48. The second kappa shape index (κ2) is 8.19. The van der Waals surface area contributed by atoms with Crippen LogP contribution < -0.4 is 10.2 Å². The minimum Gasteiger partial charge on any atom is -0.342 e. The van der Waals surface area contributed by atoms with Crippen LogP contribution >= 0.6 is 0 Å². The standard InChI is InChI=1S/C22H21F4N5O3S/c23-21(24)7-10-30(11-8-21)35(33,34)20-18(29-13-22(25,26)14-29)28-17-12-15(6-9-31(17)20)19(32)27-16-4-2-1-3-5-16/h1-6,9,12H,7-8,10-11,13-14H2,(H,27,32). The van der Waals surface area contributed by atoms with E-state index in [1.807, 2.05) is 0 Å². The maximum atomic E-state index is 13.6. The number of amides is 1. The van der Waals surface area contributed by atoms with E-state index in [0.29, 0.717) is 5.69 Å². The number of anilines is 2. The Balaban J connectivity index is 1.53. The lowest BCUT2D eigenvalue weighted by molar-refractivity contribution is -0.0413. The molecule has 2 saturated heterocycles. The van der Waals surface area contributed by atoms with Gasteiger partial charge in [-0.2, -0.15) is 4.31 Å². The molecule has 3 aromatic rings. The van der Waals surface area contributed by atoms with Crippen molar-refractivity contribution in [2.24, 2.45) is 0 Å². The number of hydrogen-bond donors (Lipinski definition) is 1. The molecule has 8 nitrogen and oxygen atoms in total. The summed E-state index contributed by atoms with van der Waals surface area (Å²) in [6.45, 7) is -2.26. The molecule has 0 atom stereocenters. The molecule has 0 spiro atoms. The molecule has 1 N–H and O–H groups in total. The van der Waals surface area contributed by atoms with E-state index in [0.717, 1.165) is 9.21 Å². The Morgan fingerprint density at radius 2 is 1.63 bits per heavy atom. The molecule has 0 saturated carbocycles. The zero-order chi connectivity index (χ0) is 25.0. The molecule has 35 heavy (non-hydrogen) atoms. The highest BCUT2D eigenvalue weighted by Crippen LogP contribution is 2.38. The summed E-state index contributed by atoms with van der Waals surface area (Å²) in [7, 11) is -4.35. The first-order valence-electron chi connectivity index (χ1n) is 10.8. The maximum absolute atomic E-state index is 13.6. The Labute approximate surface area is 198 Å². The number of fused-ring (bicyclic) bond motifs is 1. The van der Waals surface area contributed by atoms with E-state index in [2.05, 4.69) is 10.3 Å². The third-order valence-corrected chi connectivity index (χ3v) is 7.95. The molecular formula is C22H21F4N5O3S. The highest BCUT2D eigenvalue weighted by atomic mass is 32.2. The summed E-state index contributed by atoms with van der Waals surface area (Å²) in [6.07, 6.45) is 0.0445. The molecule has 1 aromatic carbocycles. The SMILES string of the molecule is O=C(Nc1ccccc1)c1ccn2c(S(=O)(=O)N3CCC(F)(F)CC3)c(N3CC(F)(F)C3)nc2c1. The smallest absolute Gasteiger partial charge is 0.282 e. The van der Waals surface area contributed by atoms with Gasteiger partial charge in [-0.1, -0.05) is 18.2 Å². The Kier molecular flexibility index (Phi) is 5.51. The predicted molar refractivity (Wildman–Crippen MR) is 120 cm³/mol. The number of sulfonamides is 1. The van der Waals surface area contributed by atoms with Gasteiger partial charge in [0.05, 0.1) is 13.1 Å². The van der Waals surface area contributed by atoms with Crippen LogP contribution in [-0.2, 0) is 10.0 Å². The minimum atomic E-state index is -4.35. The van der Waals surface area contributed by atoms with Gasteiger partial charge in [-0.15, -0.1) is 0 Å². The summed E-state index contributed by atoms with van der Waals surface area (Å²) in [5, 5.41) is 2.32. The Morgan fingerprint density at radius 1 is 0.971 bits per heavy atom. The van der Waals surface area contributed by atoms with Crippen LogP contribution in [0.15, 0.2) is 53.7 Å². The number of rotatable bonds is 5. The number of para-hydroxylation sites is 1. The number of nitrogens with one attached hydrogen (secondary N) is 1. The molecule has 2 aliphatic heterocycles. The second-order valence-corrected chi connectivity index (χ2v) is 10.5. The van der Waals surface area contributed by atoms with Crippen molar-refractivity contribution in [1.82, 2.24) is 13.7 Å². The van der Waals surface area contributed by atoms with Gasteiger partial charge >= 0.3 is 0 Å². The number of halogens is 4. The fraction of sp³-hybridized carbons (Fsp3) is 0.364. The monoisotopic (exact) mass is 511 g/mol. The summed E-state index contributed by atoms with van der Waals surface area (Å²) < 4.78 is 83.5. The van der Waals surface area contributed by atoms with E-state index in [1.165, 1.54) is 22.7 Å². The third-order valence-electron chi connectivity index (χ3n) is 6.04. The van der Waals surface area contributed by atoms with Crippen molar-refractivity contribution in [3.8, 4) is 0 Å². The van der Waals surface area contributed by atoms with Gasteiger partial charge in [0.15, 0.2) is 10.8 Å². The van der Waals surface area contributed by atoms with Gasteiger partial charge in [0.2, 0.25) is 0 Å². The largest absolute Gasteiger partial charge is 0.342 e. The van der Waals surface area contributed by atoms with E-state index in [1.54, 1.807) is 30.3 Å². The predicted octanol–water partition coefficient (Wildman–Crippen LogP) is 3.46. The lowest BCUT2D eigenvalue weighted by Gasteiger charge is -2.39. The number of pyridine rings is 1. The number of benzene rings is 1. The first kappa shape index (κ1) is 23.5. The molecule has 0 radical (unpaired) electrons. The molecular weight excluding hydrogens is 490 g/mol. The lowest BCUT2D eigenvalue weighted by Crippen LogP contribution is -2.57.